The lowest BCUT2D eigenvalue weighted by Gasteiger charge is -2.40. The van der Waals surface area contributed by atoms with Crippen LogP contribution in [-0.4, -0.2) is 22.5 Å². The summed E-state index contributed by atoms with van der Waals surface area (Å²) in [6.07, 6.45) is 7.73. The molecule has 0 aromatic carbocycles. The van der Waals surface area contributed by atoms with Gasteiger partial charge in [0, 0.05) is 19.0 Å². The van der Waals surface area contributed by atoms with E-state index in [1.54, 1.807) is 6.20 Å². The van der Waals surface area contributed by atoms with Crippen LogP contribution in [-0.2, 0) is 11.3 Å². The van der Waals surface area contributed by atoms with E-state index in [1.807, 2.05) is 11.0 Å². The summed E-state index contributed by atoms with van der Waals surface area (Å²) < 4.78 is 5.11. The van der Waals surface area contributed by atoms with Gasteiger partial charge in [-0.25, -0.2) is 0 Å². The molecule has 0 aliphatic carbocycles. The third-order valence-electron chi connectivity index (χ3n) is 4.01. The van der Waals surface area contributed by atoms with Crippen molar-refractivity contribution in [1.29, 1.82) is 0 Å². The van der Waals surface area contributed by atoms with E-state index < -0.39 is 0 Å². The highest BCUT2D eigenvalue weighted by molar-refractivity contribution is 5.77. The molecule has 0 saturated carbocycles. The normalized spacial score (nSPS) is 22.9. The third-order valence-corrected chi connectivity index (χ3v) is 4.01. The number of hydrogen-bond donors (Lipinski definition) is 0. The van der Waals surface area contributed by atoms with Gasteiger partial charge in [0.1, 0.15) is 0 Å². The molecular weight excluding hydrogens is 252 g/mol. The van der Waals surface area contributed by atoms with Crippen LogP contribution >= 0.6 is 0 Å². The van der Waals surface area contributed by atoms with E-state index in [1.165, 1.54) is 5.57 Å². The van der Waals surface area contributed by atoms with E-state index in [9.17, 15) is 4.79 Å². The van der Waals surface area contributed by atoms with Crippen LogP contribution in [0.5, 0.6) is 0 Å². The van der Waals surface area contributed by atoms with Crippen molar-refractivity contribution in [2.75, 3.05) is 6.54 Å². The van der Waals surface area contributed by atoms with Crippen LogP contribution in [0.3, 0.4) is 0 Å². The quantitative estimate of drug-likeness (QED) is 0.773. The van der Waals surface area contributed by atoms with Crippen molar-refractivity contribution in [3.63, 3.8) is 0 Å². The standard InChI is InChI=1S/C16H24N2O2/c1-13(2)5-4-8-16(3)9-6-15(19)18(12-16)11-14-7-10-17-20-14/h5,7,10H,4,6,8-9,11-12H2,1-3H3. The molecule has 1 saturated heterocycles. The number of carbonyl (C=O) groups is 1. The van der Waals surface area contributed by atoms with Crippen molar-refractivity contribution < 1.29 is 9.32 Å². The van der Waals surface area contributed by atoms with E-state index in [2.05, 4.69) is 32.0 Å². The molecule has 1 unspecified atom stereocenters. The number of carbonyl (C=O) groups excluding carboxylic acids is 1. The number of likely N-dealkylation sites (tertiary alicyclic amines) is 1. The first-order chi connectivity index (χ1) is 9.48. The second-order valence-electron chi connectivity index (χ2n) is 6.36. The Hall–Kier alpha value is -1.58. The predicted molar refractivity (Wildman–Crippen MR) is 77.9 cm³/mol. The van der Waals surface area contributed by atoms with Crippen LogP contribution in [0.2, 0.25) is 0 Å². The molecule has 1 atom stereocenters. The first-order valence-corrected chi connectivity index (χ1v) is 7.29. The summed E-state index contributed by atoms with van der Waals surface area (Å²) in [5, 5.41) is 3.70. The predicted octanol–water partition coefficient (Wildman–Crippen LogP) is 3.55. The summed E-state index contributed by atoms with van der Waals surface area (Å²) in [6, 6.07) is 1.82. The van der Waals surface area contributed by atoms with E-state index >= 15 is 0 Å². The van der Waals surface area contributed by atoms with Crippen molar-refractivity contribution in [3.05, 3.63) is 29.7 Å². The minimum Gasteiger partial charge on any atom is -0.360 e. The van der Waals surface area contributed by atoms with Crippen molar-refractivity contribution in [3.8, 4) is 0 Å². The Morgan fingerprint density at radius 1 is 1.55 bits per heavy atom. The van der Waals surface area contributed by atoms with Gasteiger partial charge in [0.2, 0.25) is 5.91 Å². The lowest BCUT2D eigenvalue weighted by atomic mass is 9.77. The zero-order valence-corrected chi connectivity index (χ0v) is 12.7. The van der Waals surface area contributed by atoms with Gasteiger partial charge in [-0.1, -0.05) is 23.7 Å². The van der Waals surface area contributed by atoms with E-state index in [-0.39, 0.29) is 11.3 Å². The average Bonchev–Trinajstić information content (AvgIpc) is 2.86. The largest absolute Gasteiger partial charge is 0.360 e. The number of hydrogen-bond acceptors (Lipinski definition) is 3. The molecule has 0 bridgehead atoms. The number of nitrogens with zero attached hydrogens (tertiary/aromatic N) is 2. The number of amides is 1. The van der Waals surface area contributed by atoms with Crippen LogP contribution in [0.1, 0.15) is 52.2 Å². The molecule has 0 radical (unpaired) electrons. The molecule has 4 nitrogen and oxygen atoms in total. The molecule has 110 valence electrons. The molecule has 1 fully saturated rings. The molecular formula is C16H24N2O2. The highest BCUT2D eigenvalue weighted by Gasteiger charge is 2.34. The Morgan fingerprint density at radius 2 is 2.35 bits per heavy atom. The zero-order chi connectivity index (χ0) is 14.6. The minimum absolute atomic E-state index is 0.208. The second kappa shape index (κ2) is 6.25. The molecule has 1 aliphatic heterocycles. The molecule has 1 aromatic rings. The lowest BCUT2D eigenvalue weighted by Crippen LogP contribution is -2.44. The summed E-state index contributed by atoms with van der Waals surface area (Å²) in [5.41, 5.74) is 1.57. The Morgan fingerprint density at radius 3 is 3.00 bits per heavy atom. The van der Waals surface area contributed by atoms with Gasteiger partial charge in [-0.05, 0) is 38.5 Å². The van der Waals surface area contributed by atoms with Gasteiger partial charge in [0.15, 0.2) is 5.76 Å². The number of piperidine rings is 1. The summed E-state index contributed by atoms with van der Waals surface area (Å²) in [5.74, 6) is 0.980. The van der Waals surface area contributed by atoms with Gasteiger partial charge in [0.05, 0.1) is 12.7 Å². The summed E-state index contributed by atoms with van der Waals surface area (Å²) in [7, 11) is 0. The van der Waals surface area contributed by atoms with E-state index in [4.69, 9.17) is 4.52 Å². The van der Waals surface area contributed by atoms with Crippen LogP contribution in [0.4, 0.5) is 0 Å². The smallest absolute Gasteiger partial charge is 0.223 e. The van der Waals surface area contributed by atoms with Crippen LogP contribution < -0.4 is 0 Å². The van der Waals surface area contributed by atoms with Gasteiger partial charge in [-0.3, -0.25) is 4.79 Å². The summed E-state index contributed by atoms with van der Waals surface area (Å²) >= 11 is 0. The molecule has 20 heavy (non-hydrogen) atoms. The monoisotopic (exact) mass is 276 g/mol. The minimum atomic E-state index is 0.208. The number of rotatable bonds is 5. The highest BCUT2D eigenvalue weighted by Crippen LogP contribution is 2.35. The first kappa shape index (κ1) is 14.8. The SMILES string of the molecule is CC(C)=CCCC1(C)CCC(=O)N(Cc2ccno2)C1. The molecule has 1 amide bonds. The topological polar surface area (TPSA) is 46.3 Å². The molecule has 4 heteroatoms. The first-order valence-electron chi connectivity index (χ1n) is 7.29. The Balaban J connectivity index is 1.95. The molecule has 0 spiro atoms. The van der Waals surface area contributed by atoms with Crippen LogP contribution in [0.15, 0.2) is 28.4 Å². The van der Waals surface area contributed by atoms with Crippen molar-refractivity contribution in [1.82, 2.24) is 10.1 Å². The fraction of sp³-hybridized carbons (Fsp3) is 0.625. The Labute approximate surface area is 120 Å². The summed E-state index contributed by atoms with van der Waals surface area (Å²) in [6.45, 7) is 7.89. The average molecular weight is 276 g/mol. The van der Waals surface area contributed by atoms with Crippen LogP contribution in [0, 0.1) is 5.41 Å². The molecule has 2 rings (SSSR count). The van der Waals surface area contributed by atoms with Gasteiger partial charge in [-0.2, -0.15) is 0 Å². The number of allylic oxidation sites excluding steroid dienone is 2. The number of aromatic nitrogens is 1. The molecule has 1 aliphatic rings. The Bertz CT molecular complexity index is 475. The maximum atomic E-state index is 12.0. The highest BCUT2D eigenvalue weighted by atomic mass is 16.5. The van der Waals surface area contributed by atoms with Gasteiger partial charge in [0.25, 0.3) is 0 Å². The maximum absolute atomic E-state index is 12.0. The summed E-state index contributed by atoms with van der Waals surface area (Å²) in [4.78, 5) is 14.0. The van der Waals surface area contributed by atoms with E-state index in [0.717, 1.165) is 31.6 Å². The lowest BCUT2D eigenvalue weighted by molar-refractivity contribution is -0.138. The Kier molecular flexibility index (Phi) is 4.63. The van der Waals surface area contributed by atoms with Crippen molar-refractivity contribution in [2.45, 2.75) is 53.0 Å². The fourth-order valence-electron chi connectivity index (χ4n) is 2.76. The maximum Gasteiger partial charge on any atom is 0.223 e. The van der Waals surface area contributed by atoms with Gasteiger partial charge >= 0.3 is 0 Å². The molecule has 0 N–H and O–H groups in total. The third kappa shape index (κ3) is 3.95. The van der Waals surface area contributed by atoms with Gasteiger partial charge in [-0.15, -0.1) is 0 Å². The van der Waals surface area contributed by atoms with E-state index in [0.29, 0.717) is 13.0 Å². The van der Waals surface area contributed by atoms with Crippen LogP contribution in [0.25, 0.3) is 0 Å². The fourth-order valence-corrected chi connectivity index (χ4v) is 2.76. The second-order valence-corrected chi connectivity index (χ2v) is 6.36. The van der Waals surface area contributed by atoms with Gasteiger partial charge < -0.3 is 9.42 Å². The zero-order valence-electron chi connectivity index (χ0n) is 12.7. The molecule has 2 heterocycles. The van der Waals surface area contributed by atoms with Crippen molar-refractivity contribution in [2.24, 2.45) is 5.41 Å². The van der Waals surface area contributed by atoms with Crippen molar-refractivity contribution >= 4 is 5.91 Å². The molecule has 1 aromatic heterocycles.